The first-order valence-corrected chi connectivity index (χ1v) is 10.2. The zero-order valence-electron chi connectivity index (χ0n) is 17.8. The van der Waals surface area contributed by atoms with Crippen molar-refractivity contribution >= 4 is 34.1 Å². The molecule has 3 aromatic heterocycles. The van der Waals surface area contributed by atoms with Crippen molar-refractivity contribution in [3.05, 3.63) is 52.2 Å². The van der Waals surface area contributed by atoms with Crippen LogP contribution < -0.4 is 11.0 Å². The van der Waals surface area contributed by atoms with Gasteiger partial charge in [0.15, 0.2) is 11.6 Å². The van der Waals surface area contributed by atoms with Crippen LogP contribution in [0, 0.1) is 0 Å². The normalized spacial score (nSPS) is 11.9. The largest absolute Gasteiger partial charge is 0.390 e. The first-order valence-electron chi connectivity index (χ1n) is 9.83. The third kappa shape index (κ3) is 4.33. The van der Waals surface area contributed by atoms with Gasteiger partial charge in [0.25, 0.3) is 0 Å². The van der Waals surface area contributed by atoms with Crippen LogP contribution in [-0.4, -0.2) is 39.6 Å². The summed E-state index contributed by atoms with van der Waals surface area (Å²) in [4.78, 5) is 21.5. The lowest BCUT2D eigenvalue weighted by atomic mass is 10.1. The van der Waals surface area contributed by atoms with Crippen LogP contribution in [0.2, 0.25) is 5.02 Å². The maximum absolute atomic E-state index is 12.7. The van der Waals surface area contributed by atoms with Crippen LogP contribution in [0.15, 0.2) is 41.5 Å². The fourth-order valence-corrected chi connectivity index (χ4v) is 3.48. The van der Waals surface area contributed by atoms with E-state index in [2.05, 4.69) is 20.4 Å². The van der Waals surface area contributed by atoms with Crippen molar-refractivity contribution in [2.75, 3.05) is 5.32 Å². The number of rotatable bonds is 6. The number of halogens is 1. The van der Waals surface area contributed by atoms with Gasteiger partial charge in [-0.1, -0.05) is 11.6 Å². The fourth-order valence-electron chi connectivity index (χ4n) is 3.34. The minimum Gasteiger partial charge on any atom is -0.390 e. The molecule has 0 bridgehead atoms. The summed E-state index contributed by atoms with van der Waals surface area (Å²) in [5.41, 5.74) is 1.93. The van der Waals surface area contributed by atoms with Crippen LogP contribution in [-0.2, 0) is 20.6 Å². The minimum absolute atomic E-state index is 0.131. The predicted octanol–water partition coefficient (Wildman–Crippen LogP) is 3.09. The van der Waals surface area contributed by atoms with Gasteiger partial charge in [-0.25, -0.2) is 14.8 Å². The highest BCUT2D eigenvalue weighted by Crippen LogP contribution is 2.27. The van der Waals surface area contributed by atoms with E-state index in [0.29, 0.717) is 35.3 Å². The highest BCUT2D eigenvalue weighted by molar-refractivity contribution is 6.32. The number of hydrogen-bond donors (Lipinski definition) is 2. The summed E-state index contributed by atoms with van der Waals surface area (Å²) in [5, 5.41) is 18.0. The summed E-state index contributed by atoms with van der Waals surface area (Å²) in [6.45, 7) is 3.86. The molecule has 9 nitrogen and oxygen atoms in total. The summed E-state index contributed by atoms with van der Waals surface area (Å²) >= 11 is 6.32. The number of hydrogen-bond acceptors (Lipinski definition) is 6. The van der Waals surface area contributed by atoms with Gasteiger partial charge in [0.05, 0.1) is 22.8 Å². The summed E-state index contributed by atoms with van der Waals surface area (Å²) in [6, 6.07) is 7.43. The average Bonchev–Trinajstić information content (AvgIpc) is 3.23. The number of aromatic nitrogens is 6. The Balaban J connectivity index is 1.70. The van der Waals surface area contributed by atoms with Crippen molar-refractivity contribution < 1.29 is 5.11 Å². The molecule has 0 radical (unpaired) electrons. The molecule has 0 atom stereocenters. The van der Waals surface area contributed by atoms with Gasteiger partial charge in [-0.15, -0.1) is 0 Å². The van der Waals surface area contributed by atoms with E-state index in [9.17, 15) is 9.90 Å². The third-order valence-corrected chi connectivity index (χ3v) is 5.32. The van der Waals surface area contributed by atoms with Crippen molar-refractivity contribution in [2.24, 2.45) is 14.1 Å². The van der Waals surface area contributed by atoms with E-state index in [1.54, 1.807) is 34.7 Å². The number of anilines is 2. The zero-order chi connectivity index (χ0) is 22.3. The quantitative estimate of drug-likeness (QED) is 0.476. The SMILES string of the molecule is Cn1ccc(-c2ncc(Cl)c(Nc3ccc4c(c3)n(CCC(C)(C)O)c(=O)n4C)n2)n1. The first kappa shape index (κ1) is 21.1. The van der Waals surface area contributed by atoms with Gasteiger partial charge >= 0.3 is 5.69 Å². The summed E-state index contributed by atoms with van der Waals surface area (Å²) < 4.78 is 4.94. The second kappa shape index (κ2) is 7.82. The van der Waals surface area contributed by atoms with Crippen LogP contribution in [0.4, 0.5) is 11.5 Å². The number of benzene rings is 1. The van der Waals surface area contributed by atoms with E-state index >= 15 is 0 Å². The summed E-state index contributed by atoms with van der Waals surface area (Å²) in [5.74, 6) is 0.897. The molecule has 0 saturated heterocycles. The van der Waals surface area contributed by atoms with Crippen molar-refractivity contribution in [3.63, 3.8) is 0 Å². The van der Waals surface area contributed by atoms with Crippen LogP contribution in [0.25, 0.3) is 22.6 Å². The predicted molar refractivity (Wildman–Crippen MR) is 121 cm³/mol. The standard InChI is InChI=1S/C21H24ClN7O2/c1-21(2,31)8-10-29-17-11-13(5-6-16(17)28(4)20(29)30)24-18-14(22)12-23-19(25-18)15-7-9-27(3)26-15/h5-7,9,11-12,31H,8,10H2,1-4H3,(H,23,24,25). The third-order valence-electron chi connectivity index (χ3n) is 5.04. The smallest absolute Gasteiger partial charge is 0.328 e. The molecule has 0 fully saturated rings. The molecule has 0 aliphatic heterocycles. The summed E-state index contributed by atoms with van der Waals surface area (Å²) in [6.07, 6.45) is 3.80. The maximum atomic E-state index is 12.7. The number of imidazole rings is 1. The monoisotopic (exact) mass is 441 g/mol. The molecule has 4 rings (SSSR count). The van der Waals surface area contributed by atoms with Crippen molar-refractivity contribution in [1.29, 1.82) is 0 Å². The second-order valence-electron chi connectivity index (χ2n) is 8.15. The molecule has 0 unspecified atom stereocenters. The van der Waals surface area contributed by atoms with Crippen LogP contribution in [0.5, 0.6) is 0 Å². The van der Waals surface area contributed by atoms with Gasteiger partial charge in [-0.05, 0) is 44.5 Å². The molecule has 0 aliphatic carbocycles. The Morgan fingerprint density at radius 2 is 1.97 bits per heavy atom. The molecule has 2 N–H and O–H groups in total. The van der Waals surface area contributed by atoms with Crippen molar-refractivity contribution in [1.82, 2.24) is 28.9 Å². The van der Waals surface area contributed by atoms with Crippen molar-refractivity contribution in [3.8, 4) is 11.5 Å². The lowest BCUT2D eigenvalue weighted by Gasteiger charge is -2.17. The van der Waals surface area contributed by atoms with E-state index in [4.69, 9.17) is 11.6 Å². The molecular formula is C21H24ClN7O2. The van der Waals surface area contributed by atoms with Crippen LogP contribution >= 0.6 is 11.6 Å². The molecule has 0 amide bonds. The lowest BCUT2D eigenvalue weighted by molar-refractivity contribution is 0.0662. The van der Waals surface area contributed by atoms with E-state index in [1.807, 2.05) is 37.5 Å². The number of aliphatic hydroxyl groups is 1. The highest BCUT2D eigenvalue weighted by Gasteiger charge is 2.17. The van der Waals surface area contributed by atoms with Gasteiger partial charge in [-0.3, -0.25) is 13.8 Å². The lowest BCUT2D eigenvalue weighted by Crippen LogP contribution is -2.27. The Morgan fingerprint density at radius 1 is 1.19 bits per heavy atom. The van der Waals surface area contributed by atoms with E-state index in [-0.39, 0.29) is 5.69 Å². The highest BCUT2D eigenvalue weighted by atomic mass is 35.5. The van der Waals surface area contributed by atoms with Gasteiger partial charge in [0.2, 0.25) is 0 Å². The Hall–Kier alpha value is -3.17. The number of fused-ring (bicyclic) bond motifs is 1. The van der Waals surface area contributed by atoms with Crippen LogP contribution in [0.3, 0.4) is 0 Å². The Bertz CT molecular complexity index is 1310. The Labute approximate surface area is 183 Å². The molecule has 0 saturated carbocycles. The zero-order valence-corrected chi connectivity index (χ0v) is 18.6. The molecule has 31 heavy (non-hydrogen) atoms. The van der Waals surface area contributed by atoms with Crippen LogP contribution in [0.1, 0.15) is 20.3 Å². The molecule has 1 aromatic carbocycles. The van der Waals surface area contributed by atoms with Gasteiger partial charge < -0.3 is 10.4 Å². The first-order chi connectivity index (χ1) is 14.6. The number of nitrogens with one attached hydrogen (secondary N) is 1. The average molecular weight is 442 g/mol. The molecule has 10 heteroatoms. The molecule has 3 heterocycles. The second-order valence-corrected chi connectivity index (χ2v) is 8.56. The fraction of sp³-hybridized carbons (Fsp3) is 0.333. The summed E-state index contributed by atoms with van der Waals surface area (Å²) in [7, 11) is 3.56. The van der Waals surface area contributed by atoms with Gasteiger partial charge in [-0.2, -0.15) is 5.10 Å². The Morgan fingerprint density at radius 3 is 2.65 bits per heavy atom. The maximum Gasteiger partial charge on any atom is 0.328 e. The molecule has 162 valence electrons. The van der Waals surface area contributed by atoms with E-state index in [0.717, 1.165) is 16.7 Å². The van der Waals surface area contributed by atoms with E-state index in [1.165, 1.54) is 6.20 Å². The van der Waals surface area contributed by atoms with E-state index < -0.39 is 5.60 Å². The minimum atomic E-state index is -0.867. The molecular weight excluding hydrogens is 418 g/mol. The molecule has 0 aliphatic rings. The molecule has 4 aromatic rings. The number of aryl methyl sites for hydroxylation is 3. The van der Waals surface area contributed by atoms with Crippen molar-refractivity contribution in [2.45, 2.75) is 32.4 Å². The molecule has 0 spiro atoms. The van der Waals surface area contributed by atoms with Gasteiger partial charge in [0, 0.05) is 32.5 Å². The topological polar surface area (TPSA) is 103 Å². The van der Waals surface area contributed by atoms with Gasteiger partial charge in [0.1, 0.15) is 10.7 Å². The Kier molecular flexibility index (Phi) is 5.32. The number of nitrogens with zero attached hydrogens (tertiary/aromatic N) is 6.